The van der Waals surface area contributed by atoms with Gasteiger partial charge in [0, 0.05) is 11.5 Å². The van der Waals surface area contributed by atoms with Crippen molar-refractivity contribution in [1.82, 2.24) is 9.97 Å². The summed E-state index contributed by atoms with van der Waals surface area (Å²) in [7, 11) is 1.59. The first-order chi connectivity index (χ1) is 7.63. The van der Waals surface area contributed by atoms with E-state index in [0.29, 0.717) is 16.7 Å². The average Bonchev–Trinajstić information content (AvgIpc) is 2.27. The van der Waals surface area contributed by atoms with Crippen LogP contribution < -0.4 is 4.74 Å². The van der Waals surface area contributed by atoms with Crippen molar-refractivity contribution in [2.24, 2.45) is 0 Å². The molecule has 4 heteroatoms. The lowest BCUT2D eigenvalue weighted by molar-refractivity contribution is 0.415. The van der Waals surface area contributed by atoms with Crippen LogP contribution in [0.15, 0.2) is 18.5 Å². The van der Waals surface area contributed by atoms with Gasteiger partial charge in [0.2, 0.25) is 0 Å². The lowest BCUT2D eigenvalue weighted by Gasteiger charge is -2.10. The van der Waals surface area contributed by atoms with Crippen molar-refractivity contribution in [3.8, 4) is 5.75 Å². The number of hydrogen-bond donors (Lipinski definition) is 0. The molecule has 2 aromatic rings. The van der Waals surface area contributed by atoms with Crippen LogP contribution in [0.25, 0.3) is 10.9 Å². The molecule has 84 valence electrons. The Kier molecular flexibility index (Phi) is 2.97. The zero-order valence-corrected chi connectivity index (χ0v) is 10.2. The molecule has 1 heterocycles. The topological polar surface area (TPSA) is 35.0 Å². The summed E-state index contributed by atoms with van der Waals surface area (Å²) in [6, 6.07) is 3.70. The Hall–Kier alpha value is -1.35. The zero-order valence-electron chi connectivity index (χ0n) is 9.49. The molecule has 0 bridgehead atoms. The zero-order chi connectivity index (χ0) is 11.7. The molecule has 16 heavy (non-hydrogen) atoms. The van der Waals surface area contributed by atoms with Crippen molar-refractivity contribution < 1.29 is 4.74 Å². The molecule has 3 nitrogen and oxygen atoms in total. The van der Waals surface area contributed by atoms with Crippen LogP contribution in [0, 0.1) is 0 Å². The molecule has 0 saturated heterocycles. The molecule has 1 aromatic heterocycles. The molecule has 0 radical (unpaired) electrons. The summed E-state index contributed by atoms with van der Waals surface area (Å²) in [6.07, 6.45) is 1.57. The van der Waals surface area contributed by atoms with Gasteiger partial charge in [0.25, 0.3) is 0 Å². The molecular formula is C12H13ClN2O. The summed E-state index contributed by atoms with van der Waals surface area (Å²) < 4.78 is 5.16. The molecule has 0 fully saturated rings. The molecule has 0 aliphatic carbocycles. The van der Waals surface area contributed by atoms with E-state index in [9.17, 15) is 0 Å². The maximum absolute atomic E-state index is 6.10. The molecule has 0 spiro atoms. The summed E-state index contributed by atoms with van der Waals surface area (Å²) in [4.78, 5) is 8.52. The second-order valence-corrected chi connectivity index (χ2v) is 4.32. The number of fused-ring (bicyclic) bond motifs is 1. The van der Waals surface area contributed by atoms with Gasteiger partial charge in [-0.15, -0.1) is 0 Å². The maximum atomic E-state index is 6.10. The van der Waals surface area contributed by atoms with Crippen LogP contribution in [0.2, 0.25) is 5.02 Å². The molecule has 0 unspecified atom stereocenters. The van der Waals surface area contributed by atoms with Gasteiger partial charge in [-0.3, -0.25) is 0 Å². The molecule has 0 aliphatic heterocycles. The van der Waals surface area contributed by atoms with Gasteiger partial charge >= 0.3 is 0 Å². The van der Waals surface area contributed by atoms with E-state index in [1.807, 2.05) is 12.1 Å². The minimum absolute atomic E-state index is 0.343. The number of hydrogen-bond acceptors (Lipinski definition) is 3. The van der Waals surface area contributed by atoms with Crippen molar-refractivity contribution in [3.63, 3.8) is 0 Å². The van der Waals surface area contributed by atoms with Crippen molar-refractivity contribution in [2.75, 3.05) is 7.11 Å². The Balaban J connectivity index is 2.74. The van der Waals surface area contributed by atoms with E-state index in [4.69, 9.17) is 16.3 Å². The van der Waals surface area contributed by atoms with E-state index < -0.39 is 0 Å². The third-order valence-electron chi connectivity index (χ3n) is 2.49. The first-order valence-electron chi connectivity index (χ1n) is 5.11. The van der Waals surface area contributed by atoms with E-state index in [-0.39, 0.29) is 0 Å². The van der Waals surface area contributed by atoms with E-state index >= 15 is 0 Å². The van der Waals surface area contributed by atoms with Crippen LogP contribution in [0.4, 0.5) is 0 Å². The summed E-state index contributed by atoms with van der Waals surface area (Å²) >= 11 is 6.10. The first-order valence-corrected chi connectivity index (χ1v) is 5.49. The third-order valence-corrected chi connectivity index (χ3v) is 2.78. The van der Waals surface area contributed by atoms with Crippen LogP contribution in [0.1, 0.15) is 25.5 Å². The average molecular weight is 237 g/mol. The van der Waals surface area contributed by atoms with Crippen molar-refractivity contribution in [3.05, 3.63) is 29.2 Å². The maximum Gasteiger partial charge on any atom is 0.139 e. The minimum atomic E-state index is 0.343. The van der Waals surface area contributed by atoms with Crippen LogP contribution in [0.3, 0.4) is 0 Å². The SMILES string of the molecule is COc1cc2ncnc(C(C)C)c2cc1Cl. The molecule has 0 atom stereocenters. The molecule has 0 aliphatic rings. The quantitative estimate of drug-likeness (QED) is 0.802. The fourth-order valence-electron chi connectivity index (χ4n) is 1.69. The lowest BCUT2D eigenvalue weighted by atomic mass is 10.0. The Morgan fingerprint density at radius 2 is 2.00 bits per heavy atom. The fraction of sp³-hybridized carbons (Fsp3) is 0.333. The third kappa shape index (κ3) is 1.83. The van der Waals surface area contributed by atoms with Crippen LogP contribution in [-0.4, -0.2) is 17.1 Å². The van der Waals surface area contributed by atoms with Crippen molar-refractivity contribution in [2.45, 2.75) is 19.8 Å². The van der Waals surface area contributed by atoms with Gasteiger partial charge in [-0.25, -0.2) is 9.97 Å². The van der Waals surface area contributed by atoms with Gasteiger partial charge in [0.05, 0.1) is 23.3 Å². The fourth-order valence-corrected chi connectivity index (χ4v) is 1.93. The molecule has 1 aromatic carbocycles. The van der Waals surface area contributed by atoms with E-state index in [1.165, 1.54) is 0 Å². The van der Waals surface area contributed by atoms with Gasteiger partial charge in [0.15, 0.2) is 0 Å². The Morgan fingerprint density at radius 3 is 2.62 bits per heavy atom. The highest BCUT2D eigenvalue weighted by Gasteiger charge is 2.10. The Bertz CT molecular complexity index is 526. The number of rotatable bonds is 2. The van der Waals surface area contributed by atoms with Gasteiger partial charge in [-0.05, 0) is 12.0 Å². The highest BCUT2D eigenvalue weighted by atomic mass is 35.5. The molecule has 2 rings (SSSR count). The summed E-state index contributed by atoms with van der Waals surface area (Å²) in [5.74, 6) is 0.984. The number of methoxy groups -OCH3 is 1. The van der Waals surface area contributed by atoms with Gasteiger partial charge in [-0.1, -0.05) is 25.4 Å². The van der Waals surface area contributed by atoms with E-state index in [1.54, 1.807) is 13.4 Å². The van der Waals surface area contributed by atoms with Gasteiger partial charge < -0.3 is 4.74 Å². The summed E-state index contributed by atoms with van der Waals surface area (Å²) in [5, 5.41) is 1.58. The van der Waals surface area contributed by atoms with Crippen LogP contribution in [0.5, 0.6) is 5.75 Å². The Morgan fingerprint density at radius 1 is 1.25 bits per heavy atom. The monoisotopic (exact) mass is 236 g/mol. The minimum Gasteiger partial charge on any atom is -0.495 e. The number of nitrogens with zero attached hydrogens (tertiary/aromatic N) is 2. The van der Waals surface area contributed by atoms with Crippen LogP contribution >= 0.6 is 11.6 Å². The number of halogens is 1. The van der Waals surface area contributed by atoms with Crippen molar-refractivity contribution >= 4 is 22.5 Å². The predicted molar refractivity (Wildman–Crippen MR) is 65.2 cm³/mol. The molecule has 0 amide bonds. The van der Waals surface area contributed by atoms with Gasteiger partial charge in [-0.2, -0.15) is 0 Å². The number of ether oxygens (including phenoxy) is 1. The lowest BCUT2D eigenvalue weighted by Crippen LogP contribution is -1.96. The molecule has 0 saturated carbocycles. The molecular weight excluding hydrogens is 224 g/mol. The smallest absolute Gasteiger partial charge is 0.139 e. The second kappa shape index (κ2) is 4.26. The molecule has 0 N–H and O–H groups in total. The van der Waals surface area contributed by atoms with E-state index in [2.05, 4.69) is 23.8 Å². The number of aromatic nitrogens is 2. The highest BCUT2D eigenvalue weighted by molar-refractivity contribution is 6.32. The standard InChI is InChI=1S/C12H13ClN2O/c1-7(2)12-8-4-9(13)11(16-3)5-10(8)14-6-15-12/h4-7H,1-3H3. The summed E-state index contributed by atoms with van der Waals surface area (Å²) in [5.41, 5.74) is 1.87. The second-order valence-electron chi connectivity index (χ2n) is 3.92. The normalized spacial score (nSPS) is 11.1. The predicted octanol–water partition coefficient (Wildman–Crippen LogP) is 3.42. The van der Waals surface area contributed by atoms with Gasteiger partial charge in [0.1, 0.15) is 12.1 Å². The Labute approximate surface area is 99.4 Å². The largest absolute Gasteiger partial charge is 0.495 e. The van der Waals surface area contributed by atoms with Crippen LogP contribution in [-0.2, 0) is 0 Å². The van der Waals surface area contributed by atoms with E-state index in [0.717, 1.165) is 16.6 Å². The first kappa shape index (κ1) is 11.1. The highest BCUT2D eigenvalue weighted by Crippen LogP contribution is 2.31. The van der Waals surface area contributed by atoms with Crippen molar-refractivity contribution in [1.29, 1.82) is 0 Å². The number of benzene rings is 1. The summed E-state index contributed by atoms with van der Waals surface area (Å²) in [6.45, 7) is 4.19.